The lowest BCUT2D eigenvalue weighted by molar-refractivity contribution is -0.0546. The highest BCUT2D eigenvalue weighted by molar-refractivity contribution is 5.89. The molecule has 0 atom stereocenters. The fourth-order valence-electron chi connectivity index (χ4n) is 5.82. The van der Waals surface area contributed by atoms with Crippen molar-refractivity contribution < 1.29 is 26.7 Å². The number of aryl methyl sites for hydroxylation is 1. The van der Waals surface area contributed by atoms with Gasteiger partial charge in [0.2, 0.25) is 0 Å². The van der Waals surface area contributed by atoms with Gasteiger partial charge in [0.15, 0.2) is 17.4 Å². The van der Waals surface area contributed by atoms with Crippen molar-refractivity contribution in [2.24, 2.45) is 11.8 Å². The van der Waals surface area contributed by atoms with Crippen LogP contribution in [0.4, 0.5) is 22.0 Å². The van der Waals surface area contributed by atoms with Crippen LogP contribution in [0.1, 0.15) is 94.2 Å². The zero-order valence-corrected chi connectivity index (χ0v) is 23.1. The van der Waals surface area contributed by atoms with Crippen molar-refractivity contribution >= 4 is 10.8 Å². The van der Waals surface area contributed by atoms with Crippen LogP contribution in [-0.2, 0) is 6.42 Å². The van der Waals surface area contributed by atoms with Crippen molar-refractivity contribution in [1.82, 2.24) is 0 Å². The molecular formula is C34H37F5O. The molecule has 1 fully saturated rings. The average Bonchev–Trinajstić information content (AvgIpc) is 2.93. The monoisotopic (exact) mass is 556 g/mol. The maximum atomic E-state index is 14.7. The number of alkyl halides is 2. The number of ether oxygens (including phenoxy) is 1. The summed E-state index contributed by atoms with van der Waals surface area (Å²) < 4.78 is 71.4. The van der Waals surface area contributed by atoms with E-state index in [2.05, 4.69) is 29.6 Å². The minimum Gasteiger partial charge on any atom is -0.429 e. The third-order valence-corrected chi connectivity index (χ3v) is 8.09. The van der Waals surface area contributed by atoms with Crippen LogP contribution in [-0.4, -0.2) is 6.61 Å². The molecule has 4 rings (SSSR count). The van der Waals surface area contributed by atoms with Crippen LogP contribution in [0.15, 0.2) is 42.5 Å². The summed E-state index contributed by atoms with van der Waals surface area (Å²) in [7, 11) is 0. The summed E-state index contributed by atoms with van der Waals surface area (Å²) >= 11 is 0. The fraction of sp³-hybridized carbons (Fsp3) is 0.471. The van der Waals surface area contributed by atoms with Crippen LogP contribution in [0.2, 0.25) is 0 Å². The first-order valence-corrected chi connectivity index (χ1v) is 14.5. The number of rotatable bonds is 11. The lowest BCUT2D eigenvalue weighted by Gasteiger charge is -2.28. The smallest absolute Gasteiger partial charge is 0.387 e. The summed E-state index contributed by atoms with van der Waals surface area (Å²) in [5, 5.41) is 1.45. The Hall–Kier alpha value is -3.07. The minimum atomic E-state index is -3.36. The molecule has 3 aromatic rings. The van der Waals surface area contributed by atoms with Gasteiger partial charge >= 0.3 is 6.61 Å². The largest absolute Gasteiger partial charge is 0.429 e. The molecule has 1 aliphatic carbocycles. The third kappa shape index (κ3) is 8.22. The molecule has 1 saturated carbocycles. The number of halogens is 5. The Morgan fingerprint density at radius 3 is 2.12 bits per heavy atom. The van der Waals surface area contributed by atoms with Gasteiger partial charge in [0.1, 0.15) is 5.82 Å². The van der Waals surface area contributed by atoms with E-state index in [4.69, 9.17) is 0 Å². The van der Waals surface area contributed by atoms with E-state index in [1.54, 1.807) is 6.07 Å². The lowest BCUT2D eigenvalue weighted by atomic mass is 9.77. The van der Waals surface area contributed by atoms with Gasteiger partial charge in [0.25, 0.3) is 0 Å². The zero-order valence-electron chi connectivity index (χ0n) is 23.1. The summed E-state index contributed by atoms with van der Waals surface area (Å²) in [6.45, 7) is -1.11. The van der Waals surface area contributed by atoms with Gasteiger partial charge in [-0.2, -0.15) is 8.78 Å². The highest BCUT2D eigenvalue weighted by Gasteiger charge is 2.21. The molecule has 0 saturated heterocycles. The van der Waals surface area contributed by atoms with E-state index in [1.165, 1.54) is 75.8 Å². The molecule has 6 heteroatoms. The van der Waals surface area contributed by atoms with Crippen LogP contribution < -0.4 is 4.74 Å². The van der Waals surface area contributed by atoms with Crippen LogP contribution in [0, 0.1) is 41.1 Å². The van der Waals surface area contributed by atoms with E-state index in [0.717, 1.165) is 42.2 Å². The van der Waals surface area contributed by atoms with Crippen LogP contribution in [0.5, 0.6) is 5.75 Å². The molecule has 0 aromatic heterocycles. The third-order valence-electron chi connectivity index (χ3n) is 8.09. The number of unbranched alkanes of at least 4 members (excludes halogenated alkanes) is 4. The first kappa shape index (κ1) is 29.9. The number of hydrogen-bond acceptors (Lipinski definition) is 1. The first-order chi connectivity index (χ1) is 19.3. The highest BCUT2D eigenvalue weighted by atomic mass is 19.3. The van der Waals surface area contributed by atoms with Gasteiger partial charge in [-0.05, 0) is 53.8 Å². The second-order valence-corrected chi connectivity index (χ2v) is 11.0. The molecule has 0 amide bonds. The second-order valence-electron chi connectivity index (χ2n) is 11.0. The molecule has 0 aliphatic heterocycles. The van der Waals surface area contributed by atoms with Crippen molar-refractivity contribution in [2.45, 2.75) is 90.6 Å². The summed E-state index contributed by atoms with van der Waals surface area (Å²) in [6.07, 6.45) is 15.5. The van der Waals surface area contributed by atoms with Crippen LogP contribution in [0.25, 0.3) is 10.8 Å². The average molecular weight is 557 g/mol. The van der Waals surface area contributed by atoms with Crippen molar-refractivity contribution in [3.8, 4) is 17.6 Å². The Bertz CT molecular complexity index is 1310. The molecular weight excluding hydrogens is 519 g/mol. The molecule has 0 spiro atoms. The molecule has 1 nitrogen and oxygen atoms in total. The second kappa shape index (κ2) is 14.5. The Balaban J connectivity index is 1.37. The van der Waals surface area contributed by atoms with Gasteiger partial charge in [-0.15, -0.1) is 0 Å². The highest BCUT2D eigenvalue weighted by Crippen LogP contribution is 2.35. The van der Waals surface area contributed by atoms with Gasteiger partial charge < -0.3 is 4.74 Å². The topological polar surface area (TPSA) is 9.23 Å². The SMILES string of the molecule is CCCCCCCC1CCC(CCc2ccc3c(C#Cc4cc(F)c(OC(F)F)c(F)c4)c(F)ccc3c2)CC1. The van der Waals surface area contributed by atoms with Gasteiger partial charge in [0.05, 0.1) is 5.56 Å². The number of benzene rings is 3. The molecule has 0 heterocycles. The summed E-state index contributed by atoms with van der Waals surface area (Å²) in [5.74, 6) is 2.54. The normalized spacial score (nSPS) is 17.2. The van der Waals surface area contributed by atoms with E-state index in [-0.39, 0.29) is 11.1 Å². The summed E-state index contributed by atoms with van der Waals surface area (Å²) in [5.41, 5.74) is 1.19. The van der Waals surface area contributed by atoms with E-state index in [0.29, 0.717) is 5.39 Å². The lowest BCUT2D eigenvalue weighted by Crippen LogP contribution is -2.15. The van der Waals surface area contributed by atoms with Gasteiger partial charge in [0, 0.05) is 10.9 Å². The molecule has 0 unspecified atom stereocenters. The van der Waals surface area contributed by atoms with Gasteiger partial charge in [-0.25, -0.2) is 13.2 Å². The molecule has 1 aliphatic rings. The zero-order chi connectivity index (χ0) is 28.5. The molecule has 3 aromatic carbocycles. The Morgan fingerprint density at radius 2 is 1.45 bits per heavy atom. The van der Waals surface area contributed by atoms with E-state index in [1.807, 2.05) is 12.1 Å². The van der Waals surface area contributed by atoms with E-state index in [9.17, 15) is 22.0 Å². The van der Waals surface area contributed by atoms with Crippen LogP contribution >= 0.6 is 0 Å². The molecule has 0 bridgehead atoms. The predicted octanol–water partition coefficient (Wildman–Crippen LogP) is 10.4. The first-order valence-electron chi connectivity index (χ1n) is 14.5. The number of fused-ring (bicyclic) bond motifs is 1. The Kier molecular flexibility index (Phi) is 10.9. The van der Waals surface area contributed by atoms with Crippen molar-refractivity contribution in [3.05, 3.63) is 76.6 Å². The standard InChI is InChI=1S/C34H37F5O/c1-2-3-4-5-6-7-23-8-10-24(11-9-23)12-13-25-14-17-28-27(20-25)16-19-30(35)29(28)18-15-26-21-31(36)33(32(37)22-26)40-34(38)39/h14,16-17,19-24,34H,2-13H2,1H3. The Labute approximate surface area is 234 Å². The van der Waals surface area contributed by atoms with E-state index < -0.39 is 29.8 Å². The van der Waals surface area contributed by atoms with Crippen molar-refractivity contribution in [2.75, 3.05) is 0 Å². The fourth-order valence-corrected chi connectivity index (χ4v) is 5.82. The molecule has 0 N–H and O–H groups in total. The molecule has 214 valence electrons. The minimum absolute atomic E-state index is 0.115. The quantitative estimate of drug-likeness (QED) is 0.130. The van der Waals surface area contributed by atoms with E-state index >= 15 is 0 Å². The van der Waals surface area contributed by atoms with Crippen molar-refractivity contribution in [1.29, 1.82) is 0 Å². The van der Waals surface area contributed by atoms with Crippen LogP contribution in [0.3, 0.4) is 0 Å². The van der Waals surface area contributed by atoms with Gasteiger partial charge in [-0.3, -0.25) is 0 Å². The maximum absolute atomic E-state index is 14.7. The summed E-state index contributed by atoms with van der Waals surface area (Å²) in [6, 6.07) is 10.5. The number of hydrogen-bond donors (Lipinski definition) is 0. The Morgan fingerprint density at radius 1 is 0.775 bits per heavy atom. The van der Waals surface area contributed by atoms with Gasteiger partial charge in [-0.1, -0.05) is 107 Å². The molecule has 0 radical (unpaired) electrons. The maximum Gasteiger partial charge on any atom is 0.387 e. The van der Waals surface area contributed by atoms with Crippen molar-refractivity contribution in [3.63, 3.8) is 0 Å². The molecule has 40 heavy (non-hydrogen) atoms. The predicted molar refractivity (Wildman–Crippen MR) is 150 cm³/mol. The summed E-state index contributed by atoms with van der Waals surface area (Å²) in [4.78, 5) is 0.